The molecule has 1 aromatic carbocycles. The molecule has 2 fully saturated rings. The predicted molar refractivity (Wildman–Crippen MR) is 80.2 cm³/mol. The van der Waals surface area contributed by atoms with Crippen molar-refractivity contribution in [3.05, 3.63) is 35.9 Å². The monoisotopic (exact) mass is 258 g/mol. The van der Waals surface area contributed by atoms with E-state index in [0.717, 1.165) is 12.5 Å². The molecule has 0 amide bonds. The van der Waals surface area contributed by atoms with E-state index < -0.39 is 0 Å². The molecule has 1 heterocycles. The highest BCUT2D eigenvalue weighted by Gasteiger charge is 2.27. The maximum Gasteiger partial charge on any atom is 0.0473 e. The highest BCUT2D eigenvalue weighted by molar-refractivity contribution is 5.20. The van der Waals surface area contributed by atoms with Crippen molar-refractivity contribution in [3.63, 3.8) is 0 Å². The fraction of sp³-hybridized carbons (Fsp3) is 0.647. The van der Waals surface area contributed by atoms with Gasteiger partial charge in [-0.1, -0.05) is 43.2 Å². The second-order valence-electron chi connectivity index (χ2n) is 6.32. The molecule has 2 unspecified atom stereocenters. The van der Waals surface area contributed by atoms with E-state index in [9.17, 15) is 0 Å². The first-order valence-electron chi connectivity index (χ1n) is 7.85. The minimum Gasteiger partial charge on any atom is -0.311 e. The van der Waals surface area contributed by atoms with Crippen molar-refractivity contribution in [1.82, 2.24) is 10.2 Å². The molecular weight excluding hydrogens is 232 g/mol. The van der Waals surface area contributed by atoms with Crippen LogP contribution in [0.15, 0.2) is 30.3 Å². The maximum absolute atomic E-state index is 3.63. The van der Waals surface area contributed by atoms with Crippen molar-refractivity contribution in [2.75, 3.05) is 19.6 Å². The van der Waals surface area contributed by atoms with Crippen LogP contribution in [-0.2, 0) is 0 Å². The summed E-state index contributed by atoms with van der Waals surface area (Å²) in [7, 11) is 0. The Labute approximate surface area is 117 Å². The lowest BCUT2D eigenvalue weighted by Gasteiger charge is -2.39. The van der Waals surface area contributed by atoms with Gasteiger partial charge < -0.3 is 5.32 Å². The molecular formula is C17H26N2. The number of rotatable bonds is 5. The number of hydrogen-bond donors (Lipinski definition) is 1. The van der Waals surface area contributed by atoms with Crippen LogP contribution in [0.3, 0.4) is 0 Å². The SMILES string of the molecule is CC1CN(CCCC2CC2)C(c2ccccc2)CN1. The minimum absolute atomic E-state index is 0.566. The molecule has 1 aliphatic heterocycles. The quantitative estimate of drug-likeness (QED) is 0.872. The van der Waals surface area contributed by atoms with Gasteiger partial charge >= 0.3 is 0 Å². The Kier molecular flexibility index (Phi) is 4.19. The summed E-state index contributed by atoms with van der Waals surface area (Å²) in [6, 6.07) is 12.2. The Hall–Kier alpha value is -0.860. The lowest BCUT2D eigenvalue weighted by atomic mass is 10.0. The largest absolute Gasteiger partial charge is 0.311 e. The summed E-state index contributed by atoms with van der Waals surface area (Å²) in [6.07, 6.45) is 5.79. The van der Waals surface area contributed by atoms with Crippen LogP contribution in [0.5, 0.6) is 0 Å². The van der Waals surface area contributed by atoms with Gasteiger partial charge in [-0.25, -0.2) is 0 Å². The standard InChI is InChI=1S/C17H26N2/c1-14-13-19(11-5-6-15-9-10-15)17(12-18-14)16-7-3-2-4-8-16/h2-4,7-8,14-15,17-18H,5-6,9-13H2,1H3. The second kappa shape index (κ2) is 6.06. The maximum atomic E-state index is 3.63. The van der Waals surface area contributed by atoms with E-state index in [0.29, 0.717) is 12.1 Å². The van der Waals surface area contributed by atoms with Gasteiger partial charge in [-0.3, -0.25) is 4.90 Å². The summed E-state index contributed by atoms with van der Waals surface area (Å²) in [5.41, 5.74) is 1.47. The van der Waals surface area contributed by atoms with Gasteiger partial charge in [-0.15, -0.1) is 0 Å². The van der Waals surface area contributed by atoms with Crippen molar-refractivity contribution in [2.24, 2.45) is 5.92 Å². The van der Waals surface area contributed by atoms with Gasteiger partial charge in [0.1, 0.15) is 0 Å². The second-order valence-corrected chi connectivity index (χ2v) is 6.32. The number of nitrogens with zero attached hydrogens (tertiary/aromatic N) is 1. The predicted octanol–water partition coefficient (Wildman–Crippen LogP) is 3.21. The van der Waals surface area contributed by atoms with Gasteiger partial charge in [-0.2, -0.15) is 0 Å². The van der Waals surface area contributed by atoms with Crippen molar-refractivity contribution >= 4 is 0 Å². The van der Waals surface area contributed by atoms with Gasteiger partial charge in [0.15, 0.2) is 0 Å². The first-order valence-corrected chi connectivity index (χ1v) is 7.85. The summed E-state index contributed by atoms with van der Waals surface area (Å²) in [4.78, 5) is 2.69. The Bertz CT molecular complexity index is 386. The summed E-state index contributed by atoms with van der Waals surface area (Å²) >= 11 is 0. The zero-order valence-corrected chi connectivity index (χ0v) is 12.0. The average Bonchev–Trinajstić information content (AvgIpc) is 3.24. The lowest BCUT2D eigenvalue weighted by molar-refractivity contribution is 0.132. The van der Waals surface area contributed by atoms with Crippen LogP contribution in [0.2, 0.25) is 0 Å². The summed E-state index contributed by atoms with van der Waals surface area (Å²) in [5.74, 6) is 1.07. The molecule has 104 valence electrons. The minimum atomic E-state index is 0.566. The molecule has 2 nitrogen and oxygen atoms in total. The van der Waals surface area contributed by atoms with Gasteiger partial charge in [0.05, 0.1) is 0 Å². The number of benzene rings is 1. The fourth-order valence-corrected chi connectivity index (χ4v) is 3.23. The van der Waals surface area contributed by atoms with Crippen LogP contribution in [0.25, 0.3) is 0 Å². The molecule has 1 aliphatic carbocycles. The van der Waals surface area contributed by atoms with Gasteiger partial charge in [0.2, 0.25) is 0 Å². The van der Waals surface area contributed by atoms with Crippen LogP contribution in [-0.4, -0.2) is 30.6 Å². The molecule has 2 atom stereocenters. The molecule has 2 aliphatic rings. The van der Waals surface area contributed by atoms with E-state index in [1.165, 1.54) is 44.3 Å². The molecule has 1 saturated carbocycles. The number of hydrogen-bond acceptors (Lipinski definition) is 2. The van der Waals surface area contributed by atoms with Crippen LogP contribution in [0.1, 0.15) is 44.2 Å². The van der Waals surface area contributed by atoms with Crippen LogP contribution in [0, 0.1) is 5.92 Å². The van der Waals surface area contributed by atoms with Crippen LogP contribution >= 0.6 is 0 Å². The topological polar surface area (TPSA) is 15.3 Å². The molecule has 19 heavy (non-hydrogen) atoms. The summed E-state index contributed by atoms with van der Waals surface area (Å²) in [6.45, 7) is 5.84. The molecule has 0 bridgehead atoms. The Morgan fingerprint density at radius 1 is 1.21 bits per heavy atom. The van der Waals surface area contributed by atoms with E-state index in [2.05, 4.69) is 47.5 Å². The highest BCUT2D eigenvalue weighted by atomic mass is 15.2. The number of nitrogens with one attached hydrogen (secondary N) is 1. The molecule has 1 aromatic rings. The van der Waals surface area contributed by atoms with E-state index in [1.54, 1.807) is 0 Å². The van der Waals surface area contributed by atoms with E-state index in [1.807, 2.05) is 0 Å². The zero-order valence-electron chi connectivity index (χ0n) is 12.0. The van der Waals surface area contributed by atoms with Gasteiger partial charge in [0.25, 0.3) is 0 Å². The van der Waals surface area contributed by atoms with Crippen LogP contribution in [0.4, 0.5) is 0 Å². The molecule has 3 rings (SSSR count). The van der Waals surface area contributed by atoms with Crippen molar-refractivity contribution in [2.45, 2.75) is 44.7 Å². The molecule has 2 heteroatoms. The molecule has 1 N–H and O–H groups in total. The average molecular weight is 258 g/mol. The molecule has 1 saturated heterocycles. The lowest BCUT2D eigenvalue weighted by Crippen LogP contribution is -2.51. The smallest absolute Gasteiger partial charge is 0.0473 e. The van der Waals surface area contributed by atoms with Crippen LogP contribution < -0.4 is 5.32 Å². The number of piperazine rings is 1. The van der Waals surface area contributed by atoms with E-state index in [-0.39, 0.29) is 0 Å². The highest BCUT2D eigenvalue weighted by Crippen LogP contribution is 2.34. The summed E-state index contributed by atoms with van der Waals surface area (Å²) < 4.78 is 0. The van der Waals surface area contributed by atoms with E-state index >= 15 is 0 Å². The Morgan fingerprint density at radius 2 is 2.00 bits per heavy atom. The zero-order chi connectivity index (χ0) is 13.1. The van der Waals surface area contributed by atoms with Crippen molar-refractivity contribution in [3.8, 4) is 0 Å². The first-order chi connectivity index (χ1) is 9.33. The first kappa shape index (κ1) is 13.1. The van der Waals surface area contributed by atoms with Crippen molar-refractivity contribution < 1.29 is 0 Å². The third kappa shape index (κ3) is 3.58. The van der Waals surface area contributed by atoms with Gasteiger partial charge in [-0.05, 0) is 37.8 Å². The van der Waals surface area contributed by atoms with Crippen molar-refractivity contribution in [1.29, 1.82) is 0 Å². The third-order valence-corrected chi connectivity index (χ3v) is 4.55. The third-order valence-electron chi connectivity index (χ3n) is 4.55. The fourth-order valence-electron chi connectivity index (χ4n) is 3.23. The normalized spacial score (nSPS) is 28.5. The van der Waals surface area contributed by atoms with Gasteiger partial charge in [0, 0.05) is 25.2 Å². The molecule has 0 radical (unpaired) electrons. The summed E-state index contributed by atoms with van der Waals surface area (Å²) in [5, 5.41) is 3.63. The molecule has 0 aromatic heterocycles. The Morgan fingerprint density at radius 3 is 2.74 bits per heavy atom. The molecule has 0 spiro atoms. The Balaban J connectivity index is 1.61. The van der Waals surface area contributed by atoms with E-state index in [4.69, 9.17) is 0 Å².